The number of ketones is 1. The number of carbonyl (C=O) groups is 1. The summed E-state index contributed by atoms with van der Waals surface area (Å²) in [5, 5.41) is 0. The van der Waals surface area contributed by atoms with Crippen molar-refractivity contribution in [1.82, 2.24) is 0 Å². The molecular weight excluding hydrogens is 330 g/mol. The van der Waals surface area contributed by atoms with Gasteiger partial charge in [-0.05, 0) is 55.5 Å². The molecule has 0 saturated carbocycles. The van der Waals surface area contributed by atoms with Crippen LogP contribution in [0.3, 0.4) is 0 Å². The number of rotatable bonds is 8. The zero-order chi connectivity index (χ0) is 17.6. The van der Waals surface area contributed by atoms with E-state index in [2.05, 4.69) is 4.72 Å². The summed E-state index contributed by atoms with van der Waals surface area (Å²) in [7, 11) is -1.97. The summed E-state index contributed by atoms with van der Waals surface area (Å²) in [6.45, 7) is 1.48. The lowest BCUT2D eigenvalue weighted by Crippen LogP contribution is -2.21. The summed E-state index contributed by atoms with van der Waals surface area (Å²) in [6, 6.07) is 13.1. The highest BCUT2D eigenvalue weighted by molar-refractivity contribution is 7.92. The number of benzene rings is 2. The minimum absolute atomic E-state index is 0.0210. The molecule has 128 valence electrons. The number of nitrogens with one attached hydrogen (secondary N) is 1. The molecule has 0 unspecified atom stereocenters. The molecule has 0 heterocycles. The Morgan fingerprint density at radius 3 is 2.12 bits per heavy atom. The Hall–Kier alpha value is -2.54. The van der Waals surface area contributed by atoms with Crippen LogP contribution in [0.25, 0.3) is 0 Å². The van der Waals surface area contributed by atoms with Gasteiger partial charge in [0.25, 0.3) is 0 Å². The van der Waals surface area contributed by atoms with Crippen molar-refractivity contribution < 1.29 is 22.7 Å². The highest BCUT2D eigenvalue weighted by Crippen LogP contribution is 2.17. The van der Waals surface area contributed by atoms with Crippen molar-refractivity contribution >= 4 is 21.5 Å². The van der Waals surface area contributed by atoms with E-state index in [4.69, 9.17) is 9.47 Å². The van der Waals surface area contributed by atoms with Crippen molar-refractivity contribution in [3.8, 4) is 11.5 Å². The molecule has 2 rings (SSSR count). The smallest absolute Gasteiger partial charge is 0.236 e. The number of carbonyl (C=O) groups excluding carboxylic acids is 1. The minimum atomic E-state index is -3.54. The first-order valence-electron chi connectivity index (χ1n) is 7.28. The quantitative estimate of drug-likeness (QED) is 0.741. The van der Waals surface area contributed by atoms with Gasteiger partial charge >= 0.3 is 0 Å². The number of Topliss-reactive ketones (excluding diaryl/α,β-unsaturated/α-hetero) is 1. The molecule has 0 aliphatic heterocycles. The number of hydrogen-bond acceptors (Lipinski definition) is 5. The van der Waals surface area contributed by atoms with Crippen LogP contribution in [0, 0.1) is 0 Å². The van der Waals surface area contributed by atoms with Crippen LogP contribution < -0.4 is 14.2 Å². The Morgan fingerprint density at radius 1 is 1.00 bits per heavy atom. The van der Waals surface area contributed by atoms with Crippen LogP contribution in [0.4, 0.5) is 5.69 Å². The molecule has 0 aliphatic carbocycles. The highest BCUT2D eigenvalue weighted by atomic mass is 32.2. The van der Waals surface area contributed by atoms with Crippen LogP contribution in [0.5, 0.6) is 11.5 Å². The standard InChI is InChI=1S/C17H19NO5S/c1-13(19)14-3-5-15(6-4-14)18-24(20,21)12-11-23-17-9-7-16(22-2)8-10-17/h3-10,18H,11-12H2,1-2H3. The van der Waals surface area contributed by atoms with Gasteiger partial charge in [0, 0.05) is 11.3 Å². The highest BCUT2D eigenvalue weighted by Gasteiger charge is 2.11. The van der Waals surface area contributed by atoms with Gasteiger partial charge in [0.2, 0.25) is 10.0 Å². The molecule has 0 fully saturated rings. The number of sulfonamides is 1. The van der Waals surface area contributed by atoms with Crippen LogP contribution in [-0.2, 0) is 10.0 Å². The third kappa shape index (κ3) is 5.27. The fraction of sp³-hybridized carbons (Fsp3) is 0.235. The van der Waals surface area contributed by atoms with E-state index in [9.17, 15) is 13.2 Å². The minimum Gasteiger partial charge on any atom is -0.497 e. The first kappa shape index (κ1) is 17.8. The van der Waals surface area contributed by atoms with E-state index in [1.807, 2.05) is 0 Å². The number of ether oxygens (including phenoxy) is 2. The molecule has 24 heavy (non-hydrogen) atoms. The predicted molar refractivity (Wildman–Crippen MR) is 92.3 cm³/mol. The molecule has 2 aromatic carbocycles. The van der Waals surface area contributed by atoms with Gasteiger partial charge in [0.05, 0.1) is 7.11 Å². The van der Waals surface area contributed by atoms with E-state index in [1.165, 1.54) is 6.92 Å². The first-order valence-corrected chi connectivity index (χ1v) is 8.93. The topological polar surface area (TPSA) is 81.7 Å². The Morgan fingerprint density at radius 2 is 1.58 bits per heavy atom. The molecule has 7 heteroatoms. The third-order valence-corrected chi connectivity index (χ3v) is 4.50. The Kier molecular flexibility index (Phi) is 5.81. The van der Waals surface area contributed by atoms with Crippen molar-refractivity contribution in [3.05, 3.63) is 54.1 Å². The maximum atomic E-state index is 12.0. The predicted octanol–water partition coefficient (Wildman–Crippen LogP) is 2.72. The van der Waals surface area contributed by atoms with Gasteiger partial charge in [0.15, 0.2) is 5.78 Å². The first-order chi connectivity index (χ1) is 11.4. The summed E-state index contributed by atoms with van der Waals surface area (Å²) in [5.74, 6) is 1.01. The number of methoxy groups -OCH3 is 1. The molecule has 0 atom stereocenters. The summed E-state index contributed by atoms with van der Waals surface area (Å²) in [5.41, 5.74) is 0.935. The average Bonchev–Trinajstić information content (AvgIpc) is 2.55. The maximum absolute atomic E-state index is 12.0. The second-order valence-corrected chi connectivity index (χ2v) is 6.92. The van der Waals surface area contributed by atoms with Crippen molar-refractivity contribution in [2.75, 3.05) is 24.2 Å². The molecule has 0 bridgehead atoms. The zero-order valence-corrected chi connectivity index (χ0v) is 14.3. The average molecular weight is 349 g/mol. The van der Waals surface area contributed by atoms with Crippen LogP contribution in [0.1, 0.15) is 17.3 Å². The van der Waals surface area contributed by atoms with Gasteiger partial charge < -0.3 is 9.47 Å². The van der Waals surface area contributed by atoms with Crippen molar-refractivity contribution in [1.29, 1.82) is 0 Å². The maximum Gasteiger partial charge on any atom is 0.236 e. The molecule has 1 N–H and O–H groups in total. The van der Waals surface area contributed by atoms with Crippen LogP contribution >= 0.6 is 0 Å². The van der Waals surface area contributed by atoms with E-state index >= 15 is 0 Å². The van der Waals surface area contributed by atoms with Crippen LogP contribution in [0.15, 0.2) is 48.5 Å². The zero-order valence-electron chi connectivity index (χ0n) is 13.5. The second-order valence-electron chi connectivity index (χ2n) is 5.08. The van der Waals surface area contributed by atoms with E-state index < -0.39 is 10.0 Å². The van der Waals surface area contributed by atoms with E-state index in [0.717, 1.165) is 0 Å². The van der Waals surface area contributed by atoms with E-state index in [-0.39, 0.29) is 18.1 Å². The van der Waals surface area contributed by atoms with Crippen molar-refractivity contribution in [2.45, 2.75) is 6.92 Å². The molecule has 6 nitrogen and oxygen atoms in total. The van der Waals surface area contributed by atoms with E-state index in [1.54, 1.807) is 55.6 Å². The number of anilines is 1. The Balaban J connectivity index is 1.87. The molecule has 0 amide bonds. The summed E-state index contributed by atoms with van der Waals surface area (Å²) in [6.07, 6.45) is 0. The lowest BCUT2D eigenvalue weighted by atomic mass is 10.1. The Bertz CT molecular complexity index is 783. The largest absolute Gasteiger partial charge is 0.497 e. The van der Waals surface area contributed by atoms with Crippen LogP contribution in [-0.4, -0.2) is 33.7 Å². The third-order valence-electron chi connectivity index (χ3n) is 3.25. The lowest BCUT2D eigenvalue weighted by molar-refractivity contribution is 0.101. The summed E-state index contributed by atoms with van der Waals surface area (Å²) >= 11 is 0. The monoisotopic (exact) mass is 349 g/mol. The van der Waals surface area contributed by atoms with Gasteiger partial charge in [-0.15, -0.1) is 0 Å². The fourth-order valence-corrected chi connectivity index (χ4v) is 2.84. The van der Waals surface area contributed by atoms with Gasteiger partial charge in [-0.2, -0.15) is 0 Å². The molecule has 0 aromatic heterocycles. The van der Waals surface area contributed by atoms with Crippen molar-refractivity contribution in [2.24, 2.45) is 0 Å². The fourth-order valence-electron chi connectivity index (χ4n) is 1.94. The molecule has 0 aliphatic rings. The van der Waals surface area contributed by atoms with Gasteiger partial charge in [-0.3, -0.25) is 9.52 Å². The molecule has 0 saturated heterocycles. The molecule has 0 spiro atoms. The number of hydrogen-bond donors (Lipinski definition) is 1. The SMILES string of the molecule is COc1ccc(OCCS(=O)(=O)Nc2ccc(C(C)=O)cc2)cc1. The van der Waals surface area contributed by atoms with Gasteiger partial charge in [-0.1, -0.05) is 0 Å². The van der Waals surface area contributed by atoms with Gasteiger partial charge in [-0.25, -0.2) is 8.42 Å². The summed E-state index contributed by atoms with van der Waals surface area (Å²) < 4.78 is 37.0. The molecule has 2 aromatic rings. The van der Waals surface area contributed by atoms with E-state index in [0.29, 0.717) is 22.7 Å². The van der Waals surface area contributed by atoms with Gasteiger partial charge in [0.1, 0.15) is 23.9 Å². The second kappa shape index (κ2) is 7.83. The summed E-state index contributed by atoms with van der Waals surface area (Å²) in [4.78, 5) is 11.2. The van der Waals surface area contributed by atoms with Crippen molar-refractivity contribution in [3.63, 3.8) is 0 Å². The molecular formula is C17H19NO5S. The Labute approximate surface area is 141 Å². The lowest BCUT2D eigenvalue weighted by Gasteiger charge is -2.10. The molecule has 0 radical (unpaired) electrons. The normalized spacial score (nSPS) is 10.9. The van der Waals surface area contributed by atoms with Crippen LogP contribution in [0.2, 0.25) is 0 Å².